The molecule has 4 rings (SSSR count). The minimum atomic E-state index is 0.0344. The molecule has 1 aliphatic carbocycles. The topological polar surface area (TPSA) is 90.1 Å². The Hall–Kier alpha value is -1.64. The number of rotatable bonds is 6. The van der Waals surface area contributed by atoms with Gasteiger partial charge in [-0.1, -0.05) is 53.4 Å². The first-order valence-electron chi connectivity index (χ1n) is 8.37. The van der Waals surface area contributed by atoms with Crippen LogP contribution in [-0.4, -0.2) is 40.6 Å². The highest BCUT2D eigenvalue weighted by molar-refractivity contribution is 8.01. The molecule has 1 amide bonds. The quantitative estimate of drug-likeness (QED) is 0.749. The molecule has 132 valence electrons. The second kappa shape index (κ2) is 7.31. The monoisotopic (exact) mass is 376 g/mol. The first-order valence-corrected chi connectivity index (χ1v) is 10.2. The number of anilines is 1. The van der Waals surface area contributed by atoms with Crippen molar-refractivity contribution in [1.82, 2.24) is 15.5 Å². The van der Waals surface area contributed by atoms with Crippen LogP contribution in [0.25, 0.3) is 0 Å². The van der Waals surface area contributed by atoms with Gasteiger partial charge in [-0.15, -0.1) is 10.2 Å². The van der Waals surface area contributed by atoms with Crippen molar-refractivity contribution in [2.75, 3.05) is 18.1 Å². The molecule has 4 atom stereocenters. The Bertz CT molecular complexity index is 739. The summed E-state index contributed by atoms with van der Waals surface area (Å²) in [5, 5.41) is 11.3. The third-order valence-corrected chi connectivity index (χ3v) is 6.80. The zero-order valence-corrected chi connectivity index (χ0v) is 15.3. The molecule has 1 aromatic carbocycles. The number of nitrogens with zero attached hydrogens (tertiary/aromatic N) is 2. The van der Waals surface area contributed by atoms with Crippen molar-refractivity contribution in [1.29, 1.82) is 0 Å². The lowest BCUT2D eigenvalue weighted by Crippen LogP contribution is -2.62. The van der Waals surface area contributed by atoms with Gasteiger partial charge in [-0.2, -0.15) is 0 Å². The molecule has 2 aliphatic rings. The second-order valence-electron chi connectivity index (χ2n) is 6.43. The van der Waals surface area contributed by atoms with Crippen molar-refractivity contribution < 1.29 is 9.53 Å². The Labute approximate surface area is 154 Å². The van der Waals surface area contributed by atoms with Crippen LogP contribution < -0.4 is 11.1 Å². The molecule has 2 aromatic rings. The number of nitrogens with two attached hydrogens (primary N) is 1. The van der Waals surface area contributed by atoms with Gasteiger partial charge in [0.05, 0.1) is 11.9 Å². The van der Waals surface area contributed by atoms with Gasteiger partial charge >= 0.3 is 0 Å². The average Bonchev–Trinajstić information content (AvgIpc) is 3.23. The van der Waals surface area contributed by atoms with E-state index in [1.807, 2.05) is 6.07 Å². The standard InChI is InChI=1S/C17H20N4O2S2/c18-16-20-21-17(25-16)24-9-13(22)19-14-11-6-7-23-15(11)12(14)8-10-4-2-1-3-5-10/h1-5,11-12,14-15H,6-9H2,(H2,18,20)(H,19,22)/t11-,12+,14-,15-/m0/s1. The van der Waals surface area contributed by atoms with Crippen molar-refractivity contribution in [2.24, 2.45) is 11.8 Å². The highest BCUT2D eigenvalue weighted by atomic mass is 32.2. The van der Waals surface area contributed by atoms with Crippen molar-refractivity contribution >= 4 is 34.1 Å². The summed E-state index contributed by atoms with van der Waals surface area (Å²) in [6.07, 6.45) is 2.25. The fourth-order valence-electron chi connectivity index (χ4n) is 3.81. The molecular weight excluding hydrogens is 356 g/mol. The number of fused-ring (bicyclic) bond motifs is 1. The highest BCUT2D eigenvalue weighted by Gasteiger charge is 2.53. The van der Waals surface area contributed by atoms with Crippen molar-refractivity contribution in [3.8, 4) is 0 Å². The zero-order valence-electron chi connectivity index (χ0n) is 13.6. The van der Waals surface area contributed by atoms with Gasteiger partial charge in [0, 0.05) is 24.5 Å². The normalized spacial score (nSPS) is 27.5. The molecule has 25 heavy (non-hydrogen) atoms. The third kappa shape index (κ3) is 3.65. The molecule has 1 saturated heterocycles. The van der Waals surface area contributed by atoms with Crippen LogP contribution in [0.5, 0.6) is 0 Å². The van der Waals surface area contributed by atoms with Crippen LogP contribution in [0.2, 0.25) is 0 Å². The van der Waals surface area contributed by atoms with Crippen LogP contribution in [0, 0.1) is 11.8 Å². The lowest BCUT2D eigenvalue weighted by Gasteiger charge is -2.48. The largest absolute Gasteiger partial charge is 0.377 e. The molecule has 3 N–H and O–H groups in total. The maximum Gasteiger partial charge on any atom is 0.230 e. The van der Waals surface area contributed by atoms with E-state index in [1.54, 1.807) is 0 Å². The number of carbonyl (C=O) groups excluding carboxylic acids is 1. The number of nitrogens with one attached hydrogen (secondary N) is 1. The fourth-order valence-corrected chi connectivity index (χ4v) is 5.25. The molecule has 8 heteroatoms. The molecule has 6 nitrogen and oxygen atoms in total. The number of hydrogen-bond donors (Lipinski definition) is 2. The van der Waals surface area contributed by atoms with E-state index in [0.29, 0.717) is 22.7 Å². The van der Waals surface area contributed by atoms with E-state index in [2.05, 4.69) is 39.8 Å². The number of benzene rings is 1. The smallest absolute Gasteiger partial charge is 0.230 e. The van der Waals surface area contributed by atoms with Crippen LogP contribution in [0.3, 0.4) is 0 Å². The molecular formula is C17H20N4O2S2. The molecule has 0 radical (unpaired) electrons. The summed E-state index contributed by atoms with van der Waals surface area (Å²) < 4.78 is 6.62. The van der Waals surface area contributed by atoms with Gasteiger partial charge in [-0.05, 0) is 18.4 Å². The Morgan fingerprint density at radius 2 is 2.20 bits per heavy atom. The molecule has 0 bridgehead atoms. The summed E-state index contributed by atoms with van der Waals surface area (Å²) in [7, 11) is 0. The van der Waals surface area contributed by atoms with Crippen LogP contribution in [0.15, 0.2) is 34.7 Å². The van der Waals surface area contributed by atoms with Crippen molar-refractivity contribution in [2.45, 2.75) is 29.3 Å². The van der Waals surface area contributed by atoms with Crippen molar-refractivity contribution in [3.05, 3.63) is 35.9 Å². The second-order valence-corrected chi connectivity index (χ2v) is 8.66. The summed E-state index contributed by atoms with van der Waals surface area (Å²) in [6, 6.07) is 10.6. The lowest BCUT2D eigenvalue weighted by molar-refractivity contribution is -0.124. The first-order chi connectivity index (χ1) is 12.2. The van der Waals surface area contributed by atoms with Crippen LogP contribution in [0.1, 0.15) is 12.0 Å². The van der Waals surface area contributed by atoms with Crippen LogP contribution in [-0.2, 0) is 16.0 Å². The van der Waals surface area contributed by atoms with E-state index in [9.17, 15) is 4.79 Å². The number of carbonyl (C=O) groups is 1. The summed E-state index contributed by atoms with van der Waals surface area (Å²) in [6.45, 7) is 0.797. The summed E-state index contributed by atoms with van der Waals surface area (Å²) in [5.74, 6) is 1.16. The Balaban J connectivity index is 1.35. The van der Waals surface area contributed by atoms with Gasteiger partial charge < -0.3 is 15.8 Å². The molecule has 1 aromatic heterocycles. The maximum atomic E-state index is 12.4. The average molecular weight is 377 g/mol. The van der Waals surface area contributed by atoms with Crippen LogP contribution >= 0.6 is 23.1 Å². The van der Waals surface area contributed by atoms with Crippen LogP contribution in [0.4, 0.5) is 5.13 Å². The highest BCUT2D eigenvalue weighted by Crippen LogP contribution is 2.45. The molecule has 1 saturated carbocycles. The SMILES string of the molecule is Nc1nnc(SCC(=O)N[C@@H]2[C@@H](Cc3ccccc3)[C@H]3OCC[C@@H]23)s1. The predicted octanol–water partition coefficient (Wildman–Crippen LogP) is 1.97. The van der Waals surface area contributed by atoms with Crippen molar-refractivity contribution in [3.63, 3.8) is 0 Å². The Kier molecular flexibility index (Phi) is 4.91. The molecule has 1 aliphatic heterocycles. The first kappa shape index (κ1) is 16.8. The van der Waals surface area contributed by atoms with Gasteiger partial charge in [0.1, 0.15) is 0 Å². The van der Waals surface area contributed by atoms with Gasteiger partial charge in [-0.25, -0.2) is 0 Å². The van der Waals surface area contributed by atoms with Gasteiger partial charge in [-0.3, -0.25) is 4.79 Å². The minimum Gasteiger partial charge on any atom is -0.377 e. The maximum absolute atomic E-state index is 12.4. The molecule has 0 unspecified atom stereocenters. The van der Waals surface area contributed by atoms with E-state index in [0.717, 1.165) is 23.8 Å². The number of hydrogen-bond acceptors (Lipinski definition) is 7. The summed E-state index contributed by atoms with van der Waals surface area (Å²) in [4.78, 5) is 12.4. The predicted molar refractivity (Wildman–Crippen MR) is 98.5 cm³/mol. The fraction of sp³-hybridized carbons (Fsp3) is 0.471. The summed E-state index contributed by atoms with van der Waals surface area (Å²) in [5.41, 5.74) is 6.85. The Morgan fingerprint density at radius 3 is 2.96 bits per heavy atom. The van der Waals surface area contributed by atoms with E-state index < -0.39 is 0 Å². The number of ether oxygens (including phenoxy) is 1. The molecule has 2 heterocycles. The van der Waals surface area contributed by atoms with Gasteiger partial charge in [0.15, 0.2) is 4.34 Å². The van der Waals surface area contributed by atoms with E-state index in [4.69, 9.17) is 10.5 Å². The Morgan fingerprint density at radius 1 is 1.36 bits per heavy atom. The number of aromatic nitrogens is 2. The molecule has 0 spiro atoms. The number of nitrogen functional groups attached to an aromatic ring is 1. The number of thioether (sulfide) groups is 1. The van der Waals surface area contributed by atoms with Gasteiger partial charge in [0.25, 0.3) is 0 Å². The van der Waals surface area contributed by atoms with Gasteiger partial charge in [0.2, 0.25) is 11.0 Å². The lowest BCUT2D eigenvalue weighted by atomic mass is 9.64. The zero-order chi connectivity index (χ0) is 17.2. The summed E-state index contributed by atoms with van der Waals surface area (Å²) >= 11 is 2.68. The van der Waals surface area contributed by atoms with E-state index in [1.165, 1.54) is 28.7 Å². The third-order valence-electron chi connectivity index (χ3n) is 4.92. The van der Waals surface area contributed by atoms with E-state index in [-0.39, 0.29) is 18.1 Å². The number of amides is 1. The van der Waals surface area contributed by atoms with E-state index >= 15 is 0 Å². The minimum absolute atomic E-state index is 0.0344. The molecule has 2 fully saturated rings.